The zero-order valence-corrected chi connectivity index (χ0v) is 56.8. The first-order valence-electron chi connectivity index (χ1n) is 30.0. The maximum Gasteiger partial charge on any atom is 0.333 e. The number of methoxy groups -OCH3 is 2. The molecule has 0 amide bonds. The van der Waals surface area contributed by atoms with Gasteiger partial charge in [-0.1, -0.05) is 78.1 Å². The van der Waals surface area contributed by atoms with Crippen LogP contribution in [-0.4, -0.2) is 123 Å². The topological polar surface area (TPSA) is 304 Å². The molecule has 0 fully saturated rings. The summed E-state index contributed by atoms with van der Waals surface area (Å²) in [5, 5.41) is 35.8. The highest BCUT2D eigenvalue weighted by molar-refractivity contribution is 7.21. The van der Waals surface area contributed by atoms with Crippen molar-refractivity contribution in [3.63, 3.8) is 0 Å². The Balaban J connectivity index is 0.000000272. The Labute approximate surface area is 543 Å². The van der Waals surface area contributed by atoms with Crippen molar-refractivity contribution in [3.05, 3.63) is 137 Å². The largest absolute Gasteiger partial charge is 0.496 e. The SMILES string of the molecule is CC(C)C(=O)O.COc1ccc(F)cc1[C@H](Cn1c(=O)n(C(C)(C)C(=O)CC(C)C)c(=O)c2c(C)c(-n3nccn3)sc21)OCCO.COc1ccc(F)cc1[C@H](Cn1c(=O)n(C(C)(C)C(=O)CC(C)C)c(=O)c2c(C)c(-n3nccn3)sc21)OCCOC(=O)C(C)C. The van der Waals surface area contributed by atoms with Gasteiger partial charge in [0.05, 0.1) is 94.5 Å². The smallest absolute Gasteiger partial charge is 0.333 e. The predicted octanol–water partition coefficient (Wildman–Crippen LogP) is 8.66. The molecule has 2 atom stereocenters. The molecule has 0 aliphatic heterocycles. The van der Waals surface area contributed by atoms with E-state index in [4.69, 9.17) is 28.8 Å². The molecule has 0 unspecified atom stereocenters. The summed E-state index contributed by atoms with van der Waals surface area (Å²) in [6, 6.07) is 7.87. The minimum Gasteiger partial charge on any atom is -0.496 e. The van der Waals surface area contributed by atoms with Crippen LogP contribution in [0.4, 0.5) is 8.78 Å². The molecule has 6 heterocycles. The second-order valence-corrected chi connectivity index (χ2v) is 26.3. The Morgan fingerprint density at radius 3 is 1.27 bits per heavy atom. The van der Waals surface area contributed by atoms with Crippen molar-refractivity contribution in [3.8, 4) is 21.5 Å². The number of hydrogen-bond acceptors (Lipinski definition) is 20. The van der Waals surface area contributed by atoms with Crippen LogP contribution in [0.2, 0.25) is 0 Å². The van der Waals surface area contributed by atoms with Crippen LogP contribution in [0.5, 0.6) is 11.5 Å². The lowest BCUT2D eigenvalue weighted by Gasteiger charge is -2.28. The van der Waals surface area contributed by atoms with Crippen molar-refractivity contribution < 1.29 is 61.9 Å². The predicted molar refractivity (Wildman–Crippen MR) is 346 cm³/mol. The van der Waals surface area contributed by atoms with Gasteiger partial charge in [-0.3, -0.25) is 37.9 Å². The Morgan fingerprint density at radius 1 is 0.581 bits per heavy atom. The molecule has 504 valence electrons. The van der Waals surface area contributed by atoms with Crippen LogP contribution in [0, 0.1) is 49.2 Å². The standard InChI is InChI=1S/C32H40FN5O7S.C28H34FN5O6S.C4H8O2/c1-18(2)15-25(39)32(6,7)37-27(40)26-20(5)28(38-34-11-12-35-38)46-29(26)36(31(37)42)17-24(44-13-14-45-30(41)19(3)4)22-16-21(33)9-10-23(22)43-8;1-16(2)13-22(36)28(4,5)33-24(37)23-17(3)25(34-30-9-10-31-34)41-26(23)32(27(33)38)15-21(40-12-11-35)19-14-18(29)7-8-20(19)39-6;1-3(2)4(5)6/h9-12,16,18-19,24H,13-15,17H2,1-8H3;7-10,14,16,21,35H,11-13,15H2,1-6H3;3H,1-2H3,(H,5,6)/t24-;21-;/m00./s1. The van der Waals surface area contributed by atoms with Crippen molar-refractivity contribution in [1.29, 1.82) is 0 Å². The lowest BCUT2D eigenvalue weighted by Crippen LogP contribution is -2.53. The number of carboxylic acids is 1. The van der Waals surface area contributed by atoms with Crippen molar-refractivity contribution in [1.82, 2.24) is 48.3 Å². The first-order valence-corrected chi connectivity index (χ1v) is 31.7. The number of aliphatic carboxylic acids is 1. The third-order valence-electron chi connectivity index (χ3n) is 15.0. The van der Waals surface area contributed by atoms with Crippen LogP contribution in [0.1, 0.15) is 130 Å². The average Bonchev–Trinajstić information content (AvgIpc) is 1.67. The number of halogens is 2. The van der Waals surface area contributed by atoms with E-state index in [1.165, 1.54) is 94.1 Å². The molecule has 0 bridgehead atoms. The van der Waals surface area contributed by atoms with E-state index in [2.05, 4.69) is 20.4 Å². The number of esters is 1. The number of ketones is 2. The average molecular weight is 1330 g/mol. The van der Waals surface area contributed by atoms with E-state index >= 15 is 0 Å². The van der Waals surface area contributed by atoms with Gasteiger partial charge in [0.25, 0.3) is 11.1 Å². The van der Waals surface area contributed by atoms with Crippen molar-refractivity contribution >= 4 is 66.6 Å². The zero-order valence-electron chi connectivity index (χ0n) is 55.1. The molecule has 8 aromatic rings. The number of carbonyl (C=O) groups excluding carboxylic acids is 3. The molecule has 8 rings (SSSR count). The molecule has 2 aromatic carbocycles. The zero-order chi connectivity index (χ0) is 69.1. The lowest BCUT2D eigenvalue weighted by atomic mass is 9.91. The molecule has 0 radical (unpaired) electrons. The van der Waals surface area contributed by atoms with Gasteiger partial charge in [0.2, 0.25) is 0 Å². The van der Waals surface area contributed by atoms with Gasteiger partial charge in [-0.25, -0.2) is 27.5 Å². The quantitative estimate of drug-likeness (QED) is 0.0359. The van der Waals surface area contributed by atoms with E-state index in [-0.39, 0.29) is 98.4 Å². The molecular formula is C64H82F2N10O15S2. The number of aromatic nitrogens is 10. The maximum atomic E-state index is 14.6. The van der Waals surface area contributed by atoms with Gasteiger partial charge in [0, 0.05) is 35.1 Å². The monoisotopic (exact) mass is 1330 g/mol. The summed E-state index contributed by atoms with van der Waals surface area (Å²) < 4.78 is 62.0. The van der Waals surface area contributed by atoms with Gasteiger partial charge in [0.1, 0.15) is 72.7 Å². The first kappa shape index (κ1) is 73.7. The summed E-state index contributed by atoms with van der Waals surface area (Å²) in [5.74, 6) is -2.72. The highest BCUT2D eigenvalue weighted by Crippen LogP contribution is 2.37. The molecule has 0 saturated carbocycles. The van der Waals surface area contributed by atoms with E-state index in [9.17, 15) is 52.2 Å². The molecule has 6 aromatic heterocycles. The molecule has 2 N–H and O–H groups in total. The van der Waals surface area contributed by atoms with E-state index < -0.39 is 69.4 Å². The number of aliphatic hydroxyl groups is 1. The summed E-state index contributed by atoms with van der Waals surface area (Å²) in [7, 11) is 2.86. The lowest BCUT2D eigenvalue weighted by molar-refractivity contribution is -0.149. The van der Waals surface area contributed by atoms with Crippen molar-refractivity contribution in [2.24, 2.45) is 23.7 Å². The number of nitrogens with zero attached hydrogens (tertiary/aromatic N) is 10. The van der Waals surface area contributed by atoms with E-state index in [0.717, 1.165) is 31.8 Å². The molecule has 25 nitrogen and oxygen atoms in total. The number of aryl methyl sites for hydroxylation is 2. The van der Waals surface area contributed by atoms with Gasteiger partial charge in [-0.05, 0) is 89.8 Å². The number of hydrogen-bond donors (Lipinski definition) is 2. The number of benzene rings is 2. The van der Waals surface area contributed by atoms with E-state index in [0.29, 0.717) is 53.4 Å². The highest BCUT2D eigenvalue weighted by atomic mass is 32.1. The highest BCUT2D eigenvalue weighted by Gasteiger charge is 2.38. The molecule has 93 heavy (non-hydrogen) atoms. The van der Waals surface area contributed by atoms with Crippen LogP contribution >= 0.6 is 22.7 Å². The van der Waals surface area contributed by atoms with Gasteiger partial charge < -0.3 is 33.9 Å². The number of rotatable bonds is 27. The maximum absolute atomic E-state index is 14.6. The first-order chi connectivity index (χ1) is 43.7. The molecular weight excluding hydrogens is 1250 g/mol. The van der Waals surface area contributed by atoms with Crippen LogP contribution in [-0.2, 0) is 57.6 Å². The number of thiophene rings is 2. The third-order valence-corrected chi connectivity index (χ3v) is 17.6. The van der Waals surface area contributed by atoms with Crippen LogP contribution in [0.25, 0.3) is 30.4 Å². The van der Waals surface area contributed by atoms with E-state index in [1.54, 1.807) is 69.2 Å². The molecule has 0 aliphatic rings. The number of ether oxygens (including phenoxy) is 5. The fourth-order valence-corrected chi connectivity index (χ4v) is 12.4. The number of carbonyl (C=O) groups is 4. The molecule has 29 heteroatoms. The number of carboxylic acid groups (broad SMARTS) is 1. The summed E-state index contributed by atoms with van der Waals surface area (Å²) in [6.45, 7) is 23.0. The fraction of sp³-hybridized carbons (Fsp3) is 0.500. The fourth-order valence-electron chi connectivity index (χ4n) is 9.91. The van der Waals surface area contributed by atoms with Gasteiger partial charge >= 0.3 is 23.3 Å². The summed E-state index contributed by atoms with van der Waals surface area (Å²) in [6.07, 6.45) is 4.36. The number of aliphatic hydroxyl groups excluding tert-OH is 1. The van der Waals surface area contributed by atoms with Crippen molar-refractivity contribution in [2.75, 3.05) is 40.6 Å². The molecule has 0 spiro atoms. The Bertz CT molecular complexity index is 4200. The minimum atomic E-state index is -1.50. The Hall–Kier alpha value is -8.38. The van der Waals surface area contributed by atoms with Crippen LogP contribution in [0.3, 0.4) is 0 Å². The van der Waals surface area contributed by atoms with Crippen molar-refractivity contribution in [2.45, 2.75) is 146 Å². The van der Waals surface area contributed by atoms with Crippen LogP contribution in [0.15, 0.2) is 80.4 Å². The Morgan fingerprint density at radius 2 is 0.946 bits per heavy atom. The second kappa shape index (κ2) is 31.5. The molecule has 0 saturated heterocycles. The van der Waals surface area contributed by atoms with Crippen LogP contribution < -0.4 is 32.0 Å². The summed E-state index contributed by atoms with van der Waals surface area (Å²) in [5.41, 5.74) is -3.97. The number of Topliss-reactive ketones (excluding diaryl/α,β-unsaturated/α-hetero) is 2. The Kier molecular flexibility index (Phi) is 24.9. The second-order valence-electron chi connectivity index (χ2n) is 24.3. The van der Waals surface area contributed by atoms with E-state index in [1.807, 2.05) is 27.7 Å². The normalized spacial score (nSPS) is 12.5. The number of fused-ring (bicyclic) bond motifs is 2. The van der Waals surface area contributed by atoms with Gasteiger partial charge in [-0.2, -0.15) is 20.4 Å². The molecule has 0 aliphatic carbocycles. The van der Waals surface area contributed by atoms with Gasteiger partial charge in [0.15, 0.2) is 11.6 Å². The van der Waals surface area contributed by atoms with Gasteiger partial charge in [-0.15, -0.1) is 9.59 Å². The third kappa shape index (κ3) is 16.7. The summed E-state index contributed by atoms with van der Waals surface area (Å²) >= 11 is 2.27. The minimum absolute atomic E-state index is 0.00294. The summed E-state index contributed by atoms with van der Waals surface area (Å²) in [4.78, 5) is 109.